The zero-order valence-corrected chi connectivity index (χ0v) is 17.9. The molecule has 2 aliphatic heterocycles. The Bertz CT molecular complexity index is 1200. The fourth-order valence-corrected chi connectivity index (χ4v) is 5.49. The number of nitrogens with zero attached hydrogens (tertiary/aromatic N) is 1. The molecule has 0 saturated carbocycles. The molecule has 2 N–H and O–H groups in total. The summed E-state index contributed by atoms with van der Waals surface area (Å²) in [6.45, 7) is 0. The number of allylic oxidation sites excluding steroid dienone is 1. The molecule has 5 rings (SSSR count). The van der Waals surface area contributed by atoms with Gasteiger partial charge in [-0.3, -0.25) is 0 Å². The Morgan fingerprint density at radius 1 is 1.03 bits per heavy atom. The second-order valence-electron chi connectivity index (χ2n) is 7.70. The zero-order valence-electron chi connectivity index (χ0n) is 17.1. The largest absolute Gasteiger partial charge is 0.497 e. The number of carbonyl (C=O) groups excluding carboxylic acids is 1. The fraction of sp³-hybridized carbons (Fsp3) is 0.154. The standard InChI is InChI=1S/C26H22N2O2S/c1-30-20-11-9-18(10-12-20)26(23-8-3-2-7-22(23)25(27)28-26)19-6-4-5-17(15-19)21-13-14-31-24(21)16-29/h2-16,21,24H,1H3,(H2,27,28). The Balaban J connectivity index is 1.73. The van der Waals surface area contributed by atoms with E-state index in [1.54, 1.807) is 18.9 Å². The third-order valence-electron chi connectivity index (χ3n) is 6.09. The summed E-state index contributed by atoms with van der Waals surface area (Å²) in [6.07, 6.45) is 3.13. The molecule has 3 unspecified atom stereocenters. The highest BCUT2D eigenvalue weighted by Crippen LogP contribution is 2.47. The van der Waals surface area contributed by atoms with Gasteiger partial charge in [0.25, 0.3) is 0 Å². The zero-order chi connectivity index (χ0) is 21.4. The summed E-state index contributed by atoms with van der Waals surface area (Å²) >= 11 is 1.56. The van der Waals surface area contributed by atoms with Gasteiger partial charge in [0.2, 0.25) is 0 Å². The molecule has 0 radical (unpaired) electrons. The van der Waals surface area contributed by atoms with Crippen molar-refractivity contribution >= 4 is 23.9 Å². The molecule has 0 bridgehead atoms. The van der Waals surface area contributed by atoms with E-state index in [-0.39, 0.29) is 11.2 Å². The van der Waals surface area contributed by atoms with E-state index in [0.717, 1.165) is 39.9 Å². The average molecular weight is 427 g/mol. The fourth-order valence-electron chi connectivity index (χ4n) is 4.57. The van der Waals surface area contributed by atoms with Crippen molar-refractivity contribution in [2.24, 2.45) is 10.7 Å². The molecule has 4 nitrogen and oxygen atoms in total. The number of nitrogens with two attached hydrogens (primary N) is 1. The van der Waals surface area contributed by atoms with E-state index in [4.69, 9.17) is 15.5 Å². The summed E-state index contributed by atoms with van der Waals surface area (Å²) in [5.41, 5.74) is 10.8. The molecular formula is C26H22N2O2S. The number of aliphatic imine (C=N–C) groups is 1. The maximum atomic E-state index is 11.6. The van der Waals surface area contributed by atoms with Crippen LogP contribution in [0.15, 0.2) is 89.3 Å². The smallest absolute Gasteiger partial charge is 0.139 e. The molecular weight excluding hydrogens is 404 g/mol. The van der Waals surface area contributed by atoms with Crippen LogP contribution < -0.4 is 10.5 Å². The Kier molecular flexibility index (Phi) is 4.91. The summed E-state index contributed by atoms with van der Waals surface area (Å²) in [6, 6.07) is 24.5. The predicted octanol–water partition coefficient (Wildman–Crippen LogP) is 4.62. The van der Waals surface area contributed by atoms with Gasteiger partial charge in [0.1, 0.15) is 23.4 Å². The summed E-state index contributed by atoms with van der Waals surface area (Å²) in [4.78, 5) is 16.6. The third kappa shape index (κ3) is 3.08. The van der Waals surface area contributed by atoms with E-state index in [9.17, 15) is 4.79 Å². The molecule has 0 fully saturated rings. The molecule has 5 heteroatoms. The van der Waals surface area contributed by atoms with E-state index < -0.39 is 5.54 Å². The van der Waals surface area contributed by atoms with Crippen LogP contribution in [0.25, 0.3) is 0 Å². The lowest BCUT2D eigenvalue weighted by atomic mass is 9.76. The van der Waals surface area contributed by atoms with Gasteiger partial charge in [0.05, 0.1) is 12.4 Å². The summed E-state index contributed by atoms with van der Waals surface area (Å²) < 4.78 is 5.37. The number of aldehydes is 1. The van der Waals surface area contributed by atoms with E-state index >= 15 is 0 Å². The number of hydrogen-bond acceptors (Lipinski definition) is 5. The molecule has 154 valence electrons. The minimum Gasteiger partial charge on any atom is -0.497 e. The molecule has 0 aliphatic carbocycles. The quantitative estimate of drug-likeness (QED) is 0.605. The van der Waals surface area contributed by atoms with Crippen molar-refractivity contribution < 1.29 is 9.53 Å². The monoisotopic (exact) mass is 426 g/mol. The molecule has 0 amide bonds. The van der Waals surface area contributed by atoms with Crippen molar-refractivity contribution in [3.8, 4) is 5.75 Å². The minimum atomic E-state index is -0.755. The molecule has 0 aromatic heterocycles. The van der Waals surface area contributed by atoms with Crippen LogP contribution in [0.4, 0.5) is 0 Å². The van der Waals surface area contributed by atoms with Gasteiger partial charge in [-0.2, -0.15) is 0 Å². The lowest BCUT2D eigenvalue weighted by Gasteiger charge is -2.30. The van der Waals surface area contributed by atoms with Crippen LogP contribution in [0.3, 0.4) is 0 Å². The van der Waals surface area contributed by atoms with Gasteiger partial charge in [0.15, 0.2) is 0 Å². The van der Waals surface area contributed by atoms with Gasteiger partial charge in [-0.05, 0) is 39.8 Å². The third-order valence-corrected chi connectivity index (χ3v) is 7.12. The van der Waals surface area contributed by atoms with Gasteiger partial charge in [-0.1, -0.05) is 66.7 Å². The number of fused-ring (bicyclic) bond motifs is 1. The number of ether oxygens (including phenoxy) is 1. The highest BCUT2D eigenvalue weighted by Gasteiger charge is 2.43. The van der Waals surface area contributed by atoms with Crippen LogP contribution in [-0.4, -0.2) is 24.5 Å². The molecule has 0 spiro atoms. The topological polar surface area (TPSA) is 64.7 Å². The van der Waals surface area contributed by atoms with Crippen LogP contribution in [0.1, 0.15) is 33.7 Å². The maximum absolute atomic E-state index is 11.6. The summed E-state index contributed by atoms with van der Waals surface area (Å²) in [7, 11) is 1.66. The average Bonchev–Trinajstić information content (AvgIpc) is 3.43. The van der Waals surface area contributed by atoms with Crippen molar-refractivity contribution in [1.82, 2.24) is 0 Å². The predicted molar refractivity (Wildman–Crippen MR) is 126 cm³/mol. The molecule has 2 heterocycles. The SMILES string of the molecule is COc1ccc(C2(c3cccc(C4C=CSC4C=O)c3)N=C(N)c3ccccc32)cc1. The van der Waals surface area contributed by atoms with Gasteiger partial charge in [-0.25, -0.2) is 4.99 Å². The highest BCUT2D eigenvalue weighted by atomic mass is 32.2. The van der Waals surface area contributed by atoms with Crippen LogP contribution in [0.5, 0.6) is 5.75 Å². The maximum Gasteiger partial charge on any atom is 0.139 e. The Labute approximate surface area is 185 Å². The minimum absolute atomic E-state index is 0.0494. The van der Waals surface area contributed by atoms with E-state index in [0.29, 0.717) is 5.84 Å². The Hall–Kier alpha value is -3.31. The number of amidine groups is 1. The molecule has 3 aromatic carbocycles. The lowest BCUT2D eigenvalue weighted by molar-refractivity contribution is -0.107. The summed E-state index contributed by atoms with van der Waals surface area (Å²) in [5.74, 6) is 1.37. The normalized spacial score (nSPS) is 24.0. The van der Waals surface area contributed by atoms with Gasteiger partial charge >= 0.3 is 0 Å². The second kappa shape index (κ2) is 7.75. The van der Waals surface area contributed by atoms with Gasteiger partial charge in [-0.15, -0.1) is 11.8 Å². The first kappa shape index (κ1) is 19.6. The summed E-state index contributed by atoms with van der Waals surface area (Å²) in [5, 5.41) is 1.91. The van der Waals surface area contributed by atoms with E-state index in [1.165, 1.54) is 0 Å². The molecule has 3 aromatic rings. The van der Waals surface area contributed by atoms with Gasteiger partial charge in [0, 0.05) is 11.5 Å². The van der Waals surface area contributed by atoms with Crippen molar-refractivity contribution in [2.45, 2.75) is 16.7 Å². The first-order chi connectivity index (χ1) is 15.2. The number of hydrogen-bond donors (Lipinski definition) is 1. The van der Waals surface area contributed by atoms with Crippen LogP contribution in [-0.2, 0) is 10.3 Å². The Morgan fingerprint density at radius 2 is 1.84 bits per heavy atom. The second-order valence-corrected chi connectivity index (χ2v) is 8.79. The van der Waals surface area contributed by atoms with Crippen molar-refractivity contribution in [3.05, 3.63) is 112 Å². The number of methoxy groups -OCH3 is 1. The molecule has 2 aliphatic rings. The molecule has 0 saturated heterocycles. The Morgan fingerprint density at radius 3 is 2.61 bits per heavy atom. The lowest BCUT2D eigenvalue weighted by Crippen LogP contribution is -2.26. The first-order valence-corrected chi connectivity index (χ1v) is 11.1. The van der Waals surface area contributed by atoms with Crippen LogP contribution >= 0.6 is 11.8 Å². The van der Waals surface area contributed by atoms with Crippen LogP contribution in [0, 0.1) is 0 Å². The van der Waals surface area contributed by atoms with E-state index in [2.05, 4.69) is 30.3 Å². The number of benzene rings is 3. The van der Waals surface area contributed by atoms with Crippen molar-refractivity contribution in [2.75, 3.05) is 7.11 Å². The number of thioether (sulfide) groups is 1. The van der Waals surface area contributed by atoms with Gasteiger partial charge < -0.3 is 15.3 Å². The highest BCUT2D eigenvalue weighted by molar-refractivity contribution is 8.03. The van der Waals surface area contributed by atoms with Crippen LogP contribution in [0.2, 0.25) is 0 Å². The molecule has 31 heavy (non-hydrogen) atoms. The van der Waals surface area contributed by atoms with Crippen molar-refractivity contribution in [1.29, 1.82) is 0 Å². The van der Waals surface area contributed by atoms with Crippen molar-refractivity contribution in [3.63, 3.8) is 0 Å². The first-order valence-electron chi connectivity index (χ1n) is 10.1. The van der Waals surface area contributed by atoms with E-state index in [1.807, 2.05) is 53.9 Å². The molecule has 3 atom stereocenters. The number of carbonyl (C=O) groups is 1. The number of rotatable bonds is 5.